The Balaban J connectivity index is 1.15. The first-order chi connectivity index (χ1) is 24.8. The van der Waals surface area contributed by atoms with Gasteiger partial charge in [0.15, 0.2) is 6.17 Å². The van der Waals surface area contributed by atoms with Crippen molar-refractivity contribution in [1.82, 2.24) is 9.88 Å². The maximum absolute atomic E-state index is 6.64. The quantitative estimate of drug-likeness (QED) is 0.203. The fourth-order valence-electron chi connectivity index (χ4n) is 7.33. The van der Waals surface area contributed by atoms with Crippen molar-refractivity contribution >= 4 is 55.4 Å². The Bertz CT molecular complexity index is 2720. The summed E-state index contributed by atoms with van der Waals surface area (Å²) in [6.07, 6.45) is -0.459. The second-order valence-corrected chi connectivity index (χ2v) is 12.6. The van der Waals surface area contributed by atoms with Gasteiger partial charge in [0.1, 0.15) is 22.8 Å². The zero-order chi connectivity index (χ0) is 33.0. The molecule has 0 amide bonds. The van der Waals surface area contributed by atoms with Crippen molar-refractivity contribution in [3.8, 4) is 16.8 Å². The van der Waals surface area contributed by atoms with Crippen LogP contribution in [-0.2, 0) is 0 Å². The molecule has 0 spiro atoms. The lowest BCUT2D eigenvalue weighted by Gasteiger charge is -2.22. The number of hydrogen-bond acceptors (Lipinski definition) is 4. The Kier molecular flexibility index (Phi) is 6.49. The number of nitrogens with zero attached hydrogens (tertiary/aromatic N) is 3. The van der Waals surface area contributed by atoms with Gasteiger partial charge in [0.25, 0.3) is 0 Å². The highest BCUT2D eigenvalue weighted by atomic mass is 16.3. The van der Waals surface area contributed by atoms with E-state index in [1.54, 1.807) is 0 Å². The van der Waals surface area contributed by atoms with Gasteiger partial charge in [-0.1, -0.05) is 133 Å². The van der Waals surface area contributed by atoms with Gasteiger partial charge >= 0.3 is 0 Å². The van der Waals surface area contributed by atoms with Crippen molar-refractivity contribution < 1.29 is 4.42 Å². The van der Waals surface area contributed by atoms with Gasteiger partial charge in [0.05, 0.1) is 11.0 Å². The van der Waals surface area contributed by atoms with Gasteiger partial charge in [-0.15, -0.1) is 0 Å². The number of amidine groups is 2. The molecule has 1 aliphatic rings. The summed E-state index contributed by atoms with van der Waals surface area (Å²) < 4.78 is 8.99. The first-order valence-electron chi connectivity index (χ1n) is 16.9. The lowest BCUT2D eigenvalue weighted by atomic mass is 10.0. The van der Waals surface area contributed by atoms with Gasteiger partial charge in [-0.25, -0.2) is 9.98 Å². The van der Waals surface area contributed by atoms with E-state index in [4.69, 9.17) is 14.4 Å². The third-order valence-electron chi connectivity index (χ3n) is 9.66. The summed E-state index contributed by atoms with van der Waals surface area (Å²) in [5.74, 6) is 1.58. The molecule has 0 saturated heterocycles. The van der Waals surface area contributed by atoms with Crippen LogP contribution in [0.1, 0.15) is 22.9 Å². The molecule has 7 aromatic carbocycles. The number of rotatable bonds is 5. The summed E-state index contributed by atoms with van der Waals surface area (Å²) >= 11 is 0. The molecule has 0 fully saturated rings. The number of aromatic nitrogens is 1. The van der Waals surface area contributed by atoms with Crippen molar-refractivity contribution in [3.05, 3.63) is 187 Å². The zero-order valence-corrected chi connectivity index (χ0v) is 27.0. The highest BCUT2D eigenvalue weighted by molar-refractivity contribution is 6.16. The third-order valence-corrected chi connectivity index (χ3v) is 9.66. The minimum atomic E-state index is -0.459. The molecule has 1 N–H and O–H groups in total. The summed E-state index contributed by atoms with van der Waals surface area (Å²) in [5, 5.41) is 8.01. The number of aliphatic imine (C=N–C) groups is 2. The molecule has 0 atom stereocenters. The molecule has 9 aromatic rings. The summed E-state index contributed by atoms with van der Waals surface area (Å²) in [5.41, 5.74) is 10.4. The van der Waals surface area contributed by atoms with Crippen LogP contribution in [0, 0.1) is 0 Å². The Morgan fingerprint density at radius 1 is 0.460 bits per heavy atom. The largest absolute Gasteiger partial charge is 0.456 e. The summed E-state index contributed by atoms with van der Waals surface area (Å²) in [7, 11) is 0. The van der Waals surface area contributed by atoms with Crippen LogP contribution in [-0.4, -0.2) is 16.2 Å². The predicted octanol–water partition coefficient (Wildman–Crippen LogP) is 10.8. The molecule has 50 heavy (non-hydrogen) atoms. The first-order valence-corrected chi connectivity index (χ1v) is 16.9. The van der Waals surface area contributed by atoms with Crippen LogP contribution in [0.3, 0.4) is 0 Å². The van der Waals surface area contributed by atoms with Crippen LogP contribution in [0.25, 0.3) is 60.6 Å². The number of hydrogen-bond donors (Lipinski definition) is 1. The predicted molar refractivity (Wildman–Crippen MR) is 205 cm³/mol. The first kappa shape index (κ1) is 28.3. The Morgan fingerprint density at radius 2 is 1.08 bits per heavy atom. The average molecular weight is 643 g/mol. The van der Waals surface area contributed by atoms with Gasteiger partial charge in [-0.2, -0.15) is 0 Å². The van der Waals surface area contributed by atoms with E-state index in [2.05, 4.69) is 131 Å². The number of fused-ring (bicyclic) bond motifs is 6. The fourth-order valence-corrected chi connectivity index (χ4v) is 7.33. The molecule has 0 aliphatic carbocycles. The van der Waals surface area contributed by atoms with Gasteiger partial charge < -0.3 is 14.3 Å². The SMILES string of the molecule is c1ccc(C2=NC(c3cccc4oc5cc(-n6c7ccccc7c7ccc(-c8ccccc8)cc76)ccc5c34)N=C(c3ccccc3)N2)cc1. The fraction of sp³-hybridized carbons (Fsp3) is 0.0222. The summed E-state index contributed by atoms with van der Waals surface area (Å²) in [4.78, 5) is 10.3. The van der Waals surface area contributed by atoms with Gasteiger partial charge in [0.2, 0.25) is 0 Å². The van der Waals surface area contributed by atoms with E-state index < -0.39 is 6.17 Å². The number of furan rings is 1. The van der Waals surface area contributed by atoms with Crippen LogP contribution < -0.4 is 5.32 Å². The van der Waals surface area contributed by atoms with E-state index in [-0.39, 0.29) is 0 Å². The molecule has 5 nitrogen and oxygen atoms in total. The van der Waals surface area contributed by atoms with Crippen LogP contribution >= 0.6 is 0 Å². The molecule has 0 unspecified atom stereocenters. The van der Waals surface area contributed by atoms with Crippen LogP contribution in [0.15, 0.2) is 184 Å². The van der Waals surface area contributed by atoms with E-state index in [1.165, 1.54) is 21.9 Å². The standard InChI is InChI=1S/C45H30N4O/c1-4-13-29(14-5-1)32-23-25-35-34-19-10-11-21-38(34)49(39(35)27-32)33-24-26-36-41(28-33)50-40-22-12-20-37(42(36)40)45-47-43(30-15-6-2-7-16-30)46-44(48-45)31-17-8-3-9-18-31/h1-28,45H,(H,46,47,48). The maximum Gasteiger partial charge on any atom is 0.170 e. The zero-order valence-electron chi connectivity index (χ0n) is 27.0. The highest BCUT2D eigenvalue weighted by Gasteiger charge is 2.24. The minimum absolute atomic E-state index is 0.459. The highest BCUT2D eigenvalue weighted by Crippen LogP contribution is 2.40. The second kappa shape index (κ2) is 11.5. The minimum Gasteiger partial charge on any atom is -0.456 e. The summed E-state index contributed by atoms with van der Waals surface area (Å²) in [6, 6.07) is 59.1. The summed E-state index contributed by atoms with van der Waals surface area (Å²) in [6.45, 7) is 0. The molecule has 3 heterocycles. The molecule has 1 aliphatic heterocycles. The van der Waals surface area contributed by atoms with Crippen molar-refractivity contribution in [2.75, 3.05) is 0 Å². The van der Waals surface area contributed by atoms with Gasteiger partial charge in [-0.3, -0.25) is 0 Å². The maximum atomic E-state index is 6.64. The smallest absolute Gasteiger partial charge is 0.170 e. The van der Waals surface area contributed by atoms with E-state index >= 15 is 0 Å². The van der Waals surface area contributed by atoms with Crippen LogP contribution in [0.5, 0.6) is 0 Å². The van der Waals surface area contributed by atoms with Crippen LogP contribution in [0.2, 0.25) is 0 Å². The van der Waals surface area contributed by atoms with Crippen molar-refractivity contribution in [2.45, 2.75) is 6.17 Å². The molecular weight excluding hydrogens is 613 g/mol. The van der Waals surface area contributed by atoms with Gasteiger partial charge in [0, 0.05) is 50.0 Å². The van der Waals surface area contributed by atoms with E-state index in [0.717, 1.165) is 67.0 Å². The monoisotopic (exact) mass is 642 g/mol. The molecule has 0 radical (unpaired) electrons. The van der Waals surface area contributed by atoms with E-state index in [0.29, 0.717) is 0 Å². The molecule has 0 saturated carbocycles. The lowest BCUT2D eigenvalue weighted by molar-refractivity contribution is 0.667. The topological polar surface area (TPSA) is 54.8 Å². The normalized spacial score (nSPS) is 13.5. The number of para-hydroxylation sites is 1. The lowest BCUT2D eigenvalue weighted by Crippen LogP contribution is -2.36. The molecule has 236 valence electrons. The van der Waals surface area contributed by atoms with Crippen molar-refractivity contribution in [3.63, 3.8) is 0 Å². The molecule has 2 aromatic heterocycles. The second-order valence-electron chi connectivity index (χ2n) is 12.6. The van der Waals surface area contributed by atoms with Gasteiger partial charge in [-0.05, 0) is 41.5 Å². The average Bonchev–Trinajstić information content (AvgIpc) is 3.73. The Morgan fingerprint density at radius 3 is 1.80 bits per heavy atom. The number of benzene rings is 7. The Hall–Kier alpha value is -6.72. The molecule has 5 heteroatoms. The van der Waals surface area contributed by atoms with Crippen molar-refractivity contribution in [2.24, 2.45) is 9.98 Å². The Labute approximate surface area is 288 Å². The van der Waals surface area contributed by atoms with E-state index in [9.17, 15) is 0 Å². The molecule has 10 rings (SSSR count). The molecular formula is C45H30N4O. The number of nitrogens with one attached hydrogen (secondary N) is 1. The van der Waals surface area contributed by atoms with Crippen LogP contribution in [0.4, 0.5) is 0 Å². The van der Waals surface area contributed by atoms with E-state index in [1.807, 2.05) is 48.5 Å². The van der Waals surface area contributed by atoms with Crippen molar-refractivity contribution in [1.29, 1.82) is 0 Å². The third kappa shape index (κ3) is 4.63. The molecule has 0 bridgehead atoms.